The van der Waals surface area contributed by atoms with Crippen LogP contribution in [-0.2, 0) is 5.88 Å². The van der Waals surface area contributed by atoms with Gasteiger partial charge in [0.15, 0.2) is 0 Å². The number of halogens is 1. The molecule has 0 N–H and O–H groups in total. The van der Waals surface area contributed by atoms with Crippen LogP contribution in [0.1, 0.15) is 30.9 Å². The third kappa shape index (κ3) is 2.52. The second kappa shape index (κ2) is 5.09. The fraction of sp³-hybridized carbons (Fsp3) is 0.571. The highest BCUT2D eigenvalue weighted by molar-refractivity contribution is 6.17. The van der Waals surface area contributed by atoms with Crippen molar-refractivity contribution in [1.29, 1.82) is 0 Å². The highest BCUT2D eigenvalue weighted by Gasteiger charge is 2.18. The summed E-state index contributed by atoms with van der Waals surface area (Å²) < 4.78 is 0. The number of benzene rings is 1. The number of hydrogen-bond donors (Lipinski definition) is 0. The Bertz CT molecular complexity index is 362. The highest BCUT2D eigenvalue weighted by Crippen LogP contribution is 2.28. The Hall–Kier alpha value is -0.690. The summed E-state index contributed by atoms with van der Waals surface area (Å²) in [7, 11) is 0. The molecule has 0 aromatic heterocycles. The zero-order valence-corrected chi connectivity index (χ0v) is 10.9. The first-order chi connectivity index (χ1) is 7.70. The molecule has 1 nitrogen and oxygen atoms in total. The van der Waals surface area contributed by atoms with Crippen molar-refractivity contribution in [2.75, 3.05) is 18.0 Å². The molecule has 0 amide bonds. The summed E-state index contributed by atoms with van der Waals surface area (Å²) in [4.78, 5) is 2.49. The zero-order chi connectivity index (χ0) is 11.5. The smallest absolute Gasteiger partial charge is 0.0494 e. The van der Waals surface area contributed by atoms with Crippen LogP contribution in [0, 0.1) is 12.8 Å². The van der Waals surface area contributed by atoms with E-state index in [1.165, 1.54) is 42.7 Å². The molecule has 2 rings (SSSR count). The van der Waals surface area contributed by atoms with Crippen LogP contribution >= 0.6 is 11.6 Å². The summed E-state index contributed by atoms with van der Waals surface area (Å²) in [6, 6.07) is 6.62. The van der Waals surface area contributed by atoms with E-state index in [9.17, 15) is 0 Å². The number of aryl methyl sites for hydroxylation is 1. The summed E-state index contributed by atoms with van der Waals surface area (Å²) in [5.41, 5.74) is 3.91. The minimum absolute atomic E-state index is 0.613. The summed E-state index contributed by atoms with van der Waals surface area (Å²) in [5, 5.41) is 0. The van der Waals surface area contributed by atoms with E-state index in [1.807, 2.05) is 0 Å². The molecular formula is C14H20ClN. The molecule has 16 heavy (non-hydrogen) atoms. The van der Waals surface area contributed by atoms with Crippen molar-refractivity contribution in [3.05, 3.63) is 29.3 Å². The molecular weight excluding hydrogens is 218 g/mol. The number of hydrogen-bond acceptors (Lipinski definition) is 1. The van der Waals surface area contributed by atoms with Gasteiger partial charge < -0.3 is 4.90 Å². The normalized spacial score (nSPS) is 21.2. The first-order valence-corrected chi connectivity index (χ1v) is 6.64. The van der Waals surface area contributed by atoms with Crippen molar-refractivity contribution in [1.82, 2.24) is 0 Å². The first kappa shape index (κ1) is 11.8. The minimum atomic E-state index is 0.613. The number of piperidine rings is 1. The molecule has 0 saturated carbocycles. The molecule has 1 aromatic carbocycles. The van der Waals surface area contributed by atoms with Crippen LogP contribution in [0.5, 0.6) is 0 Å². The summed E-state index contributed by atoms with van der Waals surface area (Å²) in [6.07, 6.45) is 2.66. The van der Waals surface area contributed by atoms with E-state index in [1.54, 1.807) is 0 Å². The average Bonchev–Trinajstić information content (AvgIpc) is 2.28. The van der Waals surface area contributed by atoms with Gasteiger partial charge in [-0.05, 0) is 37.3 Å². The van der Waals surface area contributed by atoms with Gasteiger partial charge in [0.1, 0.15) is 0 Å². The number of rotatable bonds is 2. The molecule has 1 aliphatic heterocycles. The highest BCUT2D eigenvalue weighted by atomic mass is 35.5. The quantitative estimate of drug-likeness (QED) is 0.704. The SMILES string of the molecule is Cc1ccc(N2CCCC(C)C2)c(CCl)c1. The average molecular weight is 238 g/mol. The van der Waals surface area contributed by atoms with Gasteiger partial charge in [0.25, 0.3) is 0 Å². The molecule has 1 heterocycles. The number of anilines is 1. The van der Waals surface area contributed by atoms with Crippen LogP contribution in [0.3, 0.4) is 0 Å². The molecule has 2 heteroatoms. The first-order valence-electron chi connectivity index (χ1n) is 6.11. The summed E-state index contributed by atoms with van der Waals surface area (Å²) in [5.74, 6) is 1.42. The molecule has 0 spiro atoms. The van der Waals surface area contributed by atoms with Gasteiger partial charge in [0.2, 0.25) is 0 Å². The van der Waals surface area contributed by atoms with Gasteiger partial charge in [-0.3, -0.25) is 0 Å². The molecule has 88 valence electrons. The van der Waals surface area contributed by atoms with E-state index in [2.05, 4.69) is 36.9 Å². The van der Waals surface area contributed by atoms with Gasteiger partial charge in [-0.2, -0.15) is 0 Å². The Balaban J connectivity index is 2.24. The van der Waals surface area contributed by atoms with Crippen molar-refractivity contribution < 1.29 is 0 Å². The summed E-state index contributed by atoms with van der Waals surface area (Å²) in [6.45, 7) is 6.81. The van der Waals surface area contributed by atoms with Crippen molar-refractivity contribution in [2.45, 2.75) is 32.6 Å². The van der Waals surface area contributed by atoms with Crippen LogP contribution in [-0.4, -0.2) is 13.1 Å². The molecule has 1 unspecified atom stereocenters. The van der Waals surface area contributed by atoms with Crippen LogP contribution in [0.2, 0.25) is 0 Å². The Morgan fingerprint density at radius 3 is 2.94 bits per heavy atom. The molecule has 1 atom stereocenters. The second-order valence-corrected chi connectivity index (χ2v) is 5.23. The van der Waals surface area contributed by atoms with Gasteiger partial charge in [-0.15, -0.1) is 11.6 Å². The van der Waals surface area contributed by atoms with E-state index < -0.39 is 0 Å². The standard InChI is InChI=1S/C14H20ClN/c1-11-5-6-14(13(8-11)9-15)16-7-3-4-12(2)10-16/h5-6,8,12H,3-4,7,9-10H2,1-2H3. The fourth-order valence-electron chi connectivity index (χ4n) is 2.54. The molecule has 0 bridgehead atoms. The Kier molecular flexibility index (Phi) is 3.75. The second-order valence-electron chi connectivity index (χ2n) is 4.96. The lowest BCUT2D eigenvalue weighted by Crippen LogP contribution is -2.34. The Morgan fingerprint density at radius 1 is 1.44 bits per heavy atom. The van der Waals surface area contributed by atoms with Crippen molar-refractivity contribution in [3.8, 4) is 0 Å². The lowest BCUT2D eigenvalue weighted by atomic mass is 9.98. The number of alkyl halides is 1. The van der Waals surface area contributed by atoms with Crippen molar-refractivity contribution in [2.24, 2.45) is 5.92 Å². The number of nitrogens with zero attached hydrogens (tertiary/aromatic N) is 1. The summed E-state index contributed by atoms with van der Waals surface area (Å²) >= 11 is 6.03. The van der Waals surface area contributed by atoms with Gasteiger partial charge >= 0.3 is 0 Å². The minimum Gasteiger partial charge on any atom is -0.371 e. The maximum absolute atomic E-state index is 6.03. The van der Waals surface area contributed by atoms with E-state index in [0.29, 0.717) is 5.88 Å². The molecule has 1 saturated heterocycles. The maximum Gasteiger partial charge on any atom is 0.0494 e. The van der Waals surface area contributed by atoms with Gasteiger partial charge in [0.05, 0.1) is 0 Å². The molecule has 0 aliphatic carbocycles. The van der Waals surface area contributed by atoms with Crippen LogP contribution in [0.25, 0.3) is 0 Å². The lowest BCUT2D eigenvalue weighted by molar-refractivity contribution is 0.446. The molecule has 1 fully saturated rings. The van der Waals surface area contributed by atoms with Gasteiger partial charge in [0, 0.05) is 24.7 Å². The van der Waals surface area contributed by atoms with E-state index in [4.69, 9.17) is 11.6 Å². The Morgan fingerprint density at radius 2 is 2.25 bits per heavy atom. The van der Waals surface area contributed by atoms with E-state index >= 15 is 0 Å². The third-order valence-electron chi connectivity index (χ3n) is 3.38. The molecule has 1 aliphatic rings. The van der Waals surface area contributed by atoms with Gasteiger partial charge in [-0.25, -0.2) is 0 Å². The Labute approximate surface area is 103 Å². The predicted molar refractivity (Wildman–Crippen MR) is 71.3 cm³/mol. The third-order valence-corrected chi connectivity index (χ3v) is 3.66. The van der Waals surface area contributed by atoms with Gasteiger partial charge in [-0.1, -0.05) is 24.6 Å². The lowest BCUT2D eigenvalue weighted by Gasteiger charge is -2.34. The zero-order valence-electron chi connectivity index (χ0n) is 10.2. The predicted octanol–water partition coefficient (Wildman–Crippen LogP) is 3.97. The largest absolute Gasteiger partial charge is 0.371 e. The van der Waals surface area contributed by atoms with E-state index in [0.717, 1.165) is 5.92 Å². The molecule has 0 radical (unpaired) electrons. The topological polar surface area (TPSA) is 3.24 Å². The van der Waals surface area contributed by atoms with E-state index in [-0.39, 0.29) is 0 Å². The van der Waals surface area contributed by atoms with Crippen molar-refractivity contribution >= 4 is 17.3 Å². The monoisotopic (exact) mass is 237 g/mol. The van der Waals surface area contributed by atoms with Crippen LogP contribution < -0.4 is 4.90 Å². The molecule has 1 aromatic rings. The maximum atomic E-state index is 6.03. The van der Waals surface area contributed by atoms with Crippen LogP contribution in [0.4, 0.5) is 5.69 Å². The van der Waals surface area contributed by atoms with Crippen LogP contribution in [0.15, 0.2) is 18.2 Å². The fourth-order valence-corrected chi connectivity index (χ4v) is 2.75. The van der Waals surface area contributed by atoms with Crippen molar-refractivity contribution in [3.63, 3.8) is 0 Å².